The van der Waals surface area contributed by atoms with Gasteiger partial charge in [-0.25, -0.2) is 0 Å². The number of fused-ring (bicyclic) bond motifs is 1. The van der Waals surface area contributed by atoms with Crippen molar-refractivity contribution in [3.8, 4) is 11.5 Å². The summed E-state index contributed by atoms with van der Waals surface area (Å²) in [4.78, 5) is 29.8. The zero-order chi connectivity index (χ0) is 18.8. The van der Waals surface area contributed by atoms with E-state index < -0.39 is 0 Å². The first kappa shape index (κ1) is 18.0. The number of carbonyl (C=O) groups excluding carboxylic acids is 1. The van der Waals surface area contributed by atoms with Gasteiger partial charge in [-0.15, -0.1) is 0 Å². The van der Waals surface area contributed by atoms with Crippen LogP contribution in [0.15, 0.2) is 29.1 Å². The molecule has 0 atom stereocenters. The molecular weight excluding hydrogens is 332 g/mol. The number of amides is 1. The fourth-order valence-corrected chi connectivity index (χ4v) is 3.13. The van der Waals surface area contributed by atoms with Crippen molar-refractivity contribution in [2.45, 2.75) is 40.3 Å². The second kappa shape index (κ2) is 7.23. The summed E-state index contributed by atoms with van der Waals surface area (Å²) < 4.78 is 11.6. The van der Waals surface area contributed by atoms with Crippen molar-refractivity contribution in [3.63, 3.8) is 0 Å². The van der Waals surface area contributed by atoms with E-state index in [0.29, 0.717) is 35.8 Å². The van der Waals surface area contributed by atoms with Crippen LogP contribution >= 0.6 is 0 Å². The first-order chi connectivity index (χ1) is 12.4. The number of carbonyl (C=O) groups is 1. The van der Waals surface area contributed by atoms with Gasteiger partial charge in [-0.05, 0) is 51.5 Å². The van der Waals surface area contributed by atoms with E-state index in [0.717, 1.165) is 11.3 Å². The Labute approximate surface area is 152 Å². The third-order valence-corrected chi connectivity index (χ3v) is 4.31. The molecule has 1 aliphatic heterocycles. The molecule has 0 saturated carbocycles. The molecule has 2 heterocycles. The molecule has 0 spiro atoms. The van der Waals surface area contributed by atoms with E-state index in [1.54, 1.807) is 23.1 Å². The minimum absolute atomic E-state index is 0.0201. The molecule has 0 aliphatic carbocycles. The Kier molecular flexibility index (Phi) is 5.02. The zero-order valence-corrected chi connectivity index (χ0v) is 15.6. The summed E-state index contributed by atoms with van der Waals surface area (Å²) in [5, 5.41) is 0. The summed E-state index contributed by atoms with van der Waals surface area (Å²) >= 11 is 0. The summed E-state index contributed by atoms with van der Waals surface area (Å²) in [5.41, 5.74) is 2.59. The Balaban J connectivity index is 1.93. The maximum atomic E-state index is 13.0. The second-order valence-electron chi connectivity index (χ2n) is 6.82. The van der Waals surface area contributed by atoms with Crippen LogP contribution in [0, 0.1) is 13.8 Å². The van der Waals surface area contributed by atoms with Gasteiger partial charge in [0, 0.05) is 11.3 Å². The van der Waals surface area contributed by atoms with Crippen LogP contribution in [0.25, 0.3) is 0 Å². The second-order valence-corrected chi connectivity index (χ2v) is 6.82. The van der Waals surface area contributed by atoms with Crippen LogP contribution in [0.4, 0.5) is 0 Å². The summed E-state index contributed by atoms with van der Waals surface area (Å²) in [5.74, 6) is 0.881. The van der Waals surface area contributed by atoms with E-state index in [1.807, 2.05) is 33.8 Å². The number of benzene rings is 1. The molecule has 0 radical (unpaired) electrons. The van der Waals surface area contributed by atoms with Crippen molar-refractivity contribution in [1.82, 2.24) is 9.88 Å². The highest BCUT2D eigenvalue weighted by atomic mass is 16.5. The van der Waals surface area contributed by atoms with Crippen molar-refractivity contribution >= 4 is 5.91 Å². The van der Waals surface area contributed by atoms with E-state index in [4.69, 9.17) is 9.47 Å². The highest BCUT2D eigenvalue weighted by Crippen LogP contribution is 2.34. The van der Waals surface area contributed by atoms with Crippen LogP contribution in [0.5, 0.6) is 11.5 Å². The highest BCUT2D eigenvalue weighted by Gasteiger charge is 2.27. The van der Waals surface area contributed by atoms with Crippen LogP contribution < -0.4 is 15.0 Å². The van der Waals surface area contributed by atoms with E-state index >= 15 is 0 Å². The lowest BCUT2D eigenvalue weighted by Crippen LogP contribution is -2.34. The number of para-hydroxylation sites is 1. The van der Waals surface area contributed by atoms with Crippen molar-refractivity contribution in [3.05, 3.63) is 57.0 Å². The number of aromatic amines is 1. The van der Waals surface area contributed by atoms with Gasteiger partial charge in [-0.1, -0.05) is 6.07 Å². The standard InChI is InChI=1S/C20H24N2O4/c1-12(2)26-17-7-5-6-15-18(17)25-9-8-22(20(15)24)11-16-13(3)10-14(4)21-19(16)23/h5-7,10,12H,8-9,11H2,1-4H3,(H,21,23). The van der Waals surface area contributed by atoms with Gasteiger partial charge >= 0.3 is 0 Å². The van der Waals surface area contributed by atoms with E-state index in [2.05, 4.69) is 4.98 Å². The first-order valence-corrected chi connectivity index (χ1v) is 8.78. The molecule has 0 saturated heterocycles. The molecule has 1 aliphatic rings. The molecule has 6 nitrogen and oxygen atoms in total. The van der Waals surface area contributed by atoms with Gasteiger partial charge in [-0.2, -0.15) is 0 Å². The van der Waals surface area contributed by atoms with Crippen LogP contribution in [0.2, 0.25) is 0 Å². The number of nitrogens with zero attached hydrogens (tertiary/aromatic N) is 1. The summed E-state index contributed by atoms with van der Waals surface area (Å²) in [6, 6.07) is 7.23. The molecule has 138 valence electrons. The molecule has 2 aromatic rings. The molecule has 1 aromatic heterocycles. The SMILES string of the molecule is Cc1cc(C)c(CN2CCOc3c(OC(C)C)cccc3C2=O)c(=O)[nH]1. The van der Waals surface area contributed by atoms with Gasteiger partial charge in [-0.3, -0.25) is 9.59 Å². The molecule has 1 N–H and O–H groups in total. The Bertz CT molecular complexity index is 886. The predicted octanol–water partition coefficient (Wildman–Crippen LogP) is 2.81. The lowest BCUT2D eigenvalue weighted by molar-refractivity contribution is 0.0742. The van der Waals surface area contributed by atoms with E-state index in [9.17, 15) is 9.59 Å². The molecule has 1 amide bonds. The highest BCUT2D eigenvalue weighted by molar-refractivity contribution is 5.98. The van der Waals surface area contributed by atoms with Gasteiger partial charge in [0.05, 0.1) is 24.8 Å². The Hall–Kier alpha value is -2.76. The number of hydrogen-bond donors (Lipinski definition) is 1. The zero-order valence-electron chi connectivity index (χ0n) is 15.6. The third-order valence-electron chi connectivity index (χ3n) is 4.31. The van der Waals surface area contributed by atoms with Crippen LogP contribution in [0.1, 0.15) is 41.0 Å². The minimum Gasteiger partial charge on any atom is -0.487 e. The summed E-state index contributed by atoms with van der Waals surface area (Å²) in [6.07, 6.45) is -0.0201. The molecule has 6 heteroatoms. The third kappa shape index (κ3) is 3.59. The predicted molar refractivity (Wildman–Crippen MR) is 99.0 cm³/mol. The van der Waals surface area contributed by atoms with Crippen LogP contribution in [-0.2, 0) is 6.54 Å². The number of aromatic nitrogens is 1. The number of aryl methyl sites for hydroxylation is 2. The van der Waals surface area contributed by atoms with Gasteiger partial charge < -0.3 is 19.4 Å². The molecule has 0 bridgehead atoms. The van der Waals surface area contributed by atoms with Crippen LogP contribution in [-0.4, -0.2) is 35.0 Å². The maximum absolute atomic E-state index is 13.0. The molecule has 0 fully saturated rings. The van der Waals surface area contributed by atoms with E-state index in [-0.39, 0.29) is 24.1 Å². The maximum Gasteiger partial charge on any atom is 0.258 e. The summed E-state index contributed by atoms with van der Waals surface area (Å²) in [6.45, 7) is 8.58. The topological polar surface area (TPSA) is 71.6 Å². The average molecular weight is 356 g/mol. The van der Waals surface area contributed by atoms with Crippen molar-refractivity contribution < 1.29 is 14.3 Å². The Morgan fingerprint density at radius 1 is 1.27 bits per heavy atom. The first-order valence-electron chi connectivity index (χ1n) is 8.78. The van der Waals surface area contributed by atoms with Gasteiger partial charge in [0.2, 0.25) is 0 Å². The number of pyridine rings is 1. The van der Waals surface area contributed by atoms with Gasteiger partial charge in [0.15, 0.2) is 11.5 Å². The number of nitrogens with one attached hydrogen (secondary N) is 1. The smallest absolute Gasteiger partial charge is 0.258 e. The lowest BCUT2D eigenvalue weighted by Gasteiger charge is -2.20. The van der Waals surface area contributed by atoms with Crippen molar-refractivity contribution in [2.75, 3.05) is 13.2 Å². The Morgan fingerprint density at radius 3 is 2.73 bits per heavy atom. The molecule has 1 aromatic carbocycles. The van der Waals surface area contributed by atoms with Crippen LogP contribution in [0.3, 0.4) is 0 Å². The average Bonchev–Trinajstić information content (AvgIpc) is 2.71. The number of rotatable bonds is 4. The van der Waals surface area contributed by atoms with Crippen molar-refractivity contribution in [2.24, 2.45) is 0 Å². The normalized spacial score (nSPS) is 14.0. The van der Waals surface area contributed by atoms with Gasteiger partial charge in [0.1, 0.15) is 6.61 Å². The van der Waals surface area contributed by atoms with E-state index in [1.165, 1.54) is 0 Å². The molecular formula is C20H24N2O4. The fraction of sp³-hybridized carbons (Fsp3) is 0.400. The van der Waals surface area contributed by atoms with Gasteiger partial charge in [0.25, 0.3) is 11.5 Å². The number of H-pyrrole nitrogens is 1. The molecule has 0 unspecified atom stereocenters. The fourth-order valence-electron chi connectivity index (χ4n) is 3.13. The molecule has 26 heavy (non-hydrogen) atoms. The monoisotopic (exact) mass is 356 g/mol. The van der Waals surface area contributed by atoms with Crippen molar-refractivity contribution in [1.29, 1.82) is 0 Å². The molecule has 3 rings (SSSR count). The number of hydrogen-bond acceptors (Lipinski definition) is 4. The lowest BCUT2D eigenvalue weighted by atomic mass is 10.1. The number of ether oxygens (including phenoxy) is 2. The Morgan fingerprint density at radius 2 is 2.04 bits per heavy atom. The quantitative estimate of drug-likeness (QED) is 0.914. The minimum atomic E-state index is -0.161. The summed E-state index contributed by atoms with van der Waals surface area (Å²) in [7, 11) is 0. The largest absolute Gasteiger partial charge is 0.487 e.